The van der Waals surface area contributed by atoms with Crippen LogP contribution < -0.4 is 4.90 Å². The van der Waals surface area contributed by atoms with E-state index < -0.39 is 0 Å². The molecule has 0 unspecified atom stereocenters. The number of likely N-dealkylation sites (N-methyl/N-ethyl adjacent to an activating group) is 1. The quantitative estimate of drug-likeness (QED) is 0.492. The maximum absolute atomic E-state index is 9.91. The Labute approximate surface area is 158 Å². The molecule has 0 atom stereocenters. The van der Waals surface area contributed by atoms with Crippen LogP contribution in [0.4, 0.5) is 5.69 Å². The smallest absolute Gasteiger partial charge is 0.238 e. The van der Waals surface area contributed by atoms with Crippen LogP contribution in [0.1, 0.15) is 25.0 Å². The first-order valence-electron chi connectivity index (χ1n) is 7.91. The summed E-state index contributed by atoms with van der Waals surface area (Å²) in [6.07, 6.45) is 3.57. The molecular weight excluding hydrogens is 357 g/mol. The second-order valence-electron chi connectivity index (χ2n) is 6.31. The number of fused-ring (bicyclic) bond motifs is 1. The van der Waals surface area contributed by atoms with Crippen molar-refractivity contribution in [1.82, 2.24) is 0 Å². The van der Waals surface area contributed by atoms with Gasteiger partial charge in [-0.05, 0) is 29.8 Å². The van der Waals surface area contributed by atoms with Crippen LogP contribution in [0.15, 0.2) is 76.6 Å². The van der Waals surface area contributed by atoms with Gasteiger partial charge < -0.3 is 10.0 Å². The molecule has 0 saturated carbocycles. The maximum atomic E-state index is 9.91. The largest absolute Gasteiger partial charge is 0.492 e. The van der Waals surface area contributed by atoms with Crippen LogP contribution in [0.25, 0.3) is 0 Å². The molecule has 3 rings (SSSR count). The molecule has 4 nitrogen and oxygen atoms in total. The Morgan fingerprint density at radius 1 is 1.04 bits per heavy atom. The molecule has 1 aliphatic rings. The number of anilines is 1. The van der Waals surface area contributed by atoms with Crippen molar-refractivity contribution in [1.29, 1.82) is 0 Å². The fraction of sp³-hybridized carbons (Fsp3) is 0.200. The van der Waals surface area contributed by atoms with Gasteiger partial charge in [0, 0.05) is 46.2 Å². The number of benzene rings is 2. The van der Waals surface area contributed by atoms with Gasteiger partial charge in [0.2, 0.25) is 5.90 Å². The van der Waals surface area contributed by atoms with Crippen LogP contribution in [0.3, 0.4) is 0 Å². The Balaban J connectivity index is 0.00000225. The molecule has 1 aliphatic heterocycles. The number of hydrogen-bond acceptors (Lipinski definition) is 3. The predicted molar refractivity (Wildman–Crippen MR) is 100 cm³/mol. The number of aliphatic hydroxyl groups excluding tert-OH is 1. The summed E-state index contributed by atoms with van der Waals surface area (Å²) in [6, 6.07) is 17.5. The third-order valence-corrected chi connectivity index (χ3v) is 4.42. The minimum Gasteiger partial charge on any atom is -0.492 e. The molecule has 131 valence electrons. The van der Waals surface area contributed by atoms with Gasteiger partial charge in [-0.3, -0.25) is 0 Å². The van der Waals surface area contributed by atoms with Crippen molar-refractivity contribution in [2.45, 2.75) is 19.3 Å². The van der Waals surface area contributed by atoms with E-state index in [9.17, 15) is 5.11 Å². The molecule has 2 aromatic carbocycles. The zero-order valence-electron chi connectivity index (χ0n) is 14.5. The summed E-state index contributed by atoms with van der Waals surface area (Å²) < 4.78 is 0. The number of allylic oxidation sites excluding steroid dienone is 2. The van der Waals surface area contributed by atoms with Gasteiger partial charge >= 0.3 is 0 Å². The van der Waals surface area contributed by atoms with Gasteiger partial charge in [0.15, 0.2) is 0 Å². The summed E-state index contributed by atoms with van der Waals surface area (Å²) in [7, 11) is 2.05. The van der Waals surface area contributed by atoms with Crippen LogP contribution in [0, 0.1) is 0 Å². The van der Waals surface area contributed by atoms with Crippen molar-refractivity contribution in [3.05, 3.63) is 77.5 Å². The molecule has 0 saturated heterocycles. The fourth-order valence-electron chi connectivity index (χ4n) is 3.14. The monoisotopic (exact) mass is 378 g/mol. The van der Waals surface area contributed by atoms with E-state index in [2.05, 4.69) is 54.2 Å². The normalized spacial score (nSPS) is 17.6. The van der Waals surface area contributed by atoms with E-state index in [4.69, 9.17) is 0 Å². The molecule has 1 heterocycles. The Hall–Kier alpha value is -2.37. The number of rotatable bonds is 3. The van der Waals surface area contributed by atoms with Crippen LogP contribution >= 0.6 is 0 Å². The van der Waals surface area contributed by atoms with Crippen LogP contribution in [0.2, 0.25) is 0 Å². The van der Waals surface area contributed by atoms with Crippen LogP contribution in [-0.4, -0.2) is 24.3 Å². The molecule has 0 bridgehead atoms. The van der Waals surface area contributed by atoms with Gasteiger partial charge in [-0.25, -0.2) is 0 Å². The van der Waals surface area contributed by atoms with E-state index in [0.29, 0.717) is 5.56 Å². The molecular formula is C20H21CoN3O. The number of nitrogens with zero attached hydrogens (tertiary/aromatic N) is 3. The Morgan fingerprint density at radius 2 is 1.68 bits per heavy atom. The van der Waals surface area contributed by atoms with Gasteiger partial charge in [-0.15, -0.1) is 5.10 Å². The first kappa shape index (κ1) is 19.0. The Morgan fingerprint density at radius 3 is 2.36 bits per heavy atom. The summed E-state index contributed by atoms with van der Waals surface area (Å²) in [5.74, 6) is -0.0902. The first-order valence-corrected chi connectivity index (χ1v) is 7.91. The fourth-order valence-corrected chi connectivity index (χ4v) is 3.14. The molecule has 1 radical (unpaired) electrons. The van der Waals surface area contributed by atoms with Crippen molar-refractivity contribution in [2.24, 2.45) is 10.2 Å². The summed E-state index contributed by atoms with van der Waals surface area (Å²) >= 11 is 0. The minimum atomic E-state index is -0.0947. The molecule has 25 heavy (non-hydrogen) atoms. The van der Waals surface area contributed by atoms with Gasteiger partial charge in [-0.1, -0.05) is 50.2 Å². The number of aliphatic hydroxyl groups is 1. The van der Waals surface area contributed by atoms with Crippen molar-refractivity contribution < 1.29 is 21.9 Å². The van der Waals surface area contributed by atoms with Gasteiger partial charge in [0.05, 0.1) is 6.21 Å². The van der Waals surface area contributed by atoms with Crippen molar-refractivity contribution in [2.75, 3.05) is 11.9 Å². The number of hydrogen-bond donors (Lipinski definition) is 1. The molecule has 0 amide bonds. The van der Waals surface area contributed by atoms with E-state index in [1.165, 1.54) is 11.3 Å². The van der Waals surface area contributed by atoms with E-state index in [-0.39, 0.29) is 28.1 Å². The molecule has 2 aromatic rings. The summed E-state index contributed by atoms with van der Waals surface area (Å²) in [5.41, 5.74) is 4.19. The molecule has 1 N–H and O–H groups in total. The Kier molecular flexibility index (Phi) is 5.82. The minimum absolute atomic E-state index is 0. The average molecular weight is 378 g/mol. The van der Waals surface area contributed by atoms with E-state index in [1.54, 1.807) is 18.3 Å². The average Bonchev–Trinajstić information content (AvgIpc) is 2.80. The topological polar surface area (TPSA) is 48.2 Å². The molecule has 0 aromatic heterocycles. The zero-order chi connectivity index (χ0) is 17.2. The van der Waals surface area contributed by atoms with Gasteiger partial charge in [0.1, 0.15) is 0 Å². The first-order chi connectivity index (χ1) is 11.5. The molecule has 0 spiro atoms. The van der Waals surface area contributed by atoms with Crippen molar-refractivity contribution in [3.63, 3.8) is 0 Å². The molecule has 5 heteroatoms. The SMILES string of the molecule is CN1\C(=C/C=N/N=C(\O)c2ccccc2)C(C)(C)c2ccccc21.[Co]. The molecule has 0 fully saturated rings. The standard InChI is InChI=1S/C20H21N3O.Co/c1-20(2)16-11-7-8-12-17(16)23(3)18(20)13-14-21-22-19(24)15-9-5-4-6-10-15;/h4-14H,1-3H3,(H,22,24);/b18-13-,21-14+;. The van der Waals surface area contributed by atoms with E-state index >= 15 is 0 Å². The summed E-state index contributed by atoms with van der Waals surface area (Å²) in [5, 5.41) is 17.8. The second kappa shape index (κ2) is 7.67. The van der Waals surface area contributed by atoms with Crippen molar-refractivity contribution >= 4 is 17.8 Å². The maximum Gasteiger partial charge on any atom is 0.238 e. The van der Waals surface area contributed by atoms with Crippen LogP contribution in [-0.2, 0) is 22.2 Å². The third kappa shape index (κ3) is 3.67. The second-order valence-corrected chi connectivity index (χ2v) is 6.31. The zero-order valence-corrected chi connectivity index (χ0v) is 15.5. The number of para-hydroxylation sites is 1. The summed E-state index contributed by atoms with van der Waals surface area (Å²) in [6.45, 7) is 4.39. The van der Waals surface area contributed by atoms with Crippen LogP contribution in [0.5, 0.6) is 0 Å². The van der Waals surface area contributed by atoms with E-state index in [1.807, 2.05) is 30.3 Å². The predicted octanol–water partition coefficient (Wildman–Crippen LogP) is 4.29. The van der Waals surface area contributed by atoms with Crippen molar-refractivity contribution in [3.8, 4) is 0 Å². The van der Waals surface area contributed by atoms with Gasteiger partial charge in [0.25, 0.3) is 0 Å². The van der Waals surface area contributed by atoms with Gasteiger partial charge in [-0.2, -0.15) is 5.10 Å². The Bertz CT molecular complexity index is 826. The summed E-state index contributed by atoms with van der Waals surface area (Å²) in [4.78, 5) is 2.17. The third-order valence-electron chi connectivity index (χ3n) is 4.42. The van der Waals surface area contributed by atoms with E-state index in [0.717, 1.165) is 5.70 Å². The molecule has 0 aliphatic carbocycles.